The van der Waals surface area contributed by atoms with E-state index in [4.69, 9.17) is 25.8 Å². The zero-order chi connectivity index (χ0) is 34.2. The topological polar surface area (TPSA) is 80.3 Å². The Morgan fingerprint density at radius 1 is 1.12 bits per heavy atom. The summed E-state index contributed by atoms with van der Waals surface area (Å²) in [5.41, 5.74) is 3.80. The van der Waals surface area contributed by atoms with E-state index < -0.39 is 9.71 Å². The van der Waals surface area contributed by atoms with E-state index in [1.807, 2.05) is 25.1 Å². The van der Waals surface area contributed by atoms with Crippen molar-refractivity contribution in [2.24, 2.45) is 17.8 Å². The minimum absolute atomic E-state index is 0.00481. The number of hydrogen-bond acceptors (Lipinski definition) is 7. The number of nitrogens with one attached hydrogen (secondary N) is 1. The number of carbonyl (C=O) groups is 1. The molecule has 0 aromatic heterocycles. The molecule has 2 aromatic rings. The molecule has 5 aliphatic rings. The largest absolute Gasteiger partial charge is 0.490 e. The van der Waals surface area contributed by atoms with Crippen LogP contribution in [0.15, 0.2) is 48.6 Å². The highest BCUT2D eigenvalue weighted by atomic mass is 35.5. The fraction of sp³-hybridized carbons (Fsp3) is 0.590. The van der Waals surface area contributed by atoms with Crippen LogP contribution in [0.2, 0.25) is 5.02 Å². The molecule has 2 aromatic carbocycles. The SMILES string of the molecule is C=S1(=O)NC(=O)c2ccc3c(c2)N(C[C@@H]2CC[C@H]2[C@@H](OCCN2CCOCC2)/C=C/[C@H](C)C[C@H]1C)C[C@@]1(CCCc2cc(Cl)ccc21)CO3. The number of halogens is 1. The number of morpholine rings is 1. The van der Waals surface area contributed by atoms with Crippen LogP contribution < -0.4 is 14.4 Å². The fourth-order valence-electron chi connectivity index (χ4n) is 8.63. The molecule has 3 aliphatic heterocycles. The van der Waals surface area contributed by atoms with E-state index in [1.165, 1.54) is 11.1 Å². The second-order valence-corrected chi connectivity index (χ2v) is 18.0. The summed E-state index contributed by atoms with van der Waals surface area (Å²) in [5, 5.41) is 0.464. The van der Waals surface area contributed by atoms with Crippen molar-refractivity contribution < 1.29 is 23.2 Å². The Hall–Kier alpha value is -2.56. The van der Waals surface area contributed by atoms with E-state index in [1.54, 1.807) is 6.07 Å². The zero-order valence-corrected chi connectivity index (χ0v) is 30.6. The van der Waals surface area contributed by atoms with Crippen LogP contribution >= 0.6 is 11.6 Å². The molecular formula is C39H52ClN3O5S. The van der Waals surface area contributed by atoms with Gasteiger partial charge in [0, 0.05) is 54.0 Å². The van der Waals surface area contributed by atoms with E-state index in [2.05, 4.69) is 51.6 Å². The van der Waals surface area contributed by atoms with Crippen LogP contribution in [0.4, 0.5) is 5.69 Å². The van der Waals surface area contributed by atoms with Crippen molar-refractivity contribution in [2.45, 2.75) is 69.1 Å². The smallest absolute Gasteiger partial charge is 0.262 e. The molecule has 8 nitrogen and oxygen atoms in total. The van der Waals surface area contributed by atoms with Gasteiger partial charge in [0.25, 0.3) is 5.91 Å². The van der Waals surface area contributed by atoms with Gasteiger partial charge >= 0.3 is 0 Å². The number of nitrogens with zero attached hydrogens (tertiary/aromatic N) is 2. The lowest BCUT2D eigenvalue weighted by molar-refractivity contribution is -0.0315. The molecule has 1 saturated heterocycles. The third-order valence-electron chi connectivity index (χ3n) is 11.7. The maximum Gasteiger partial charge on any atom is 0.262 e. The molecule has 266 valence electrons. The highest BCUT2D eigenvalue weighted by molar-refractivity contribution is 7.99. The lowest BCUT2D eigenvalue weighted by atomic mass is 9.68. The van der Waals surface area contributed by atoms with Crippen LogP contribution in [0, 0.1) is 17.8 Å². The Kier molecular flexibility index (Phi) is 10.4. The molecule has 1 spiro atoms. The summed E-state index contributed by atoms with van der Waals surface area (Å²) in [5.74, 6) is 5.39. The number of carbonyl (C=O) groups excluding carboxylic acids is 1. The predicted octanol–water partition coefficient (Wildman–Crippen LogP) is 5.90. The molecule has 3 heterocycles. The van der Waals surface area contributed by atoms with Crippen molar-refractivity contribution in [3.8, 4) is 5.75 Å². The first-order valence-electron chi connectivity index (χ1n) is 18.2. The van der Waals surface area contributed by atoms with Crippen LogP contribution in [0.25, 0.3) is 0 Å². The summed E-state index contributed by atoms with van der Waals surface area (Å²) in [6, 6.07) is 12.0. The molecular weight excluding hydrogens is 658 g/mol. The lowest BCUT2D eigenvalue weighted by Gasteiger charge is -2.46. The van der Waals surface area contributed by atoms with Crippen molar-refractivity contribution in [3.05, 3.63) is 70.3 Å². The summed E-state index contributed by atoms with van der Waals surface area (Å²) < 4.78 is 35.6. The van der Waals surface area contributed by atoms with Crippen LogP contribution in [-0.2, 0) is 31.0 Å². The average Bonchev–Trinajstić information content (AvgIpc) is 3.22. The van der Waals surface area contributed by atoms with Gasteiger partial charge in [-0.15, -0.1) is 0 Å². The molecule has 1 saturated carbocycles. The average molecular weight is 710 g/mol. The molecule has 7 rings (SSSR count). The van der Waals surface area contributed by atoms with Gasteiger partial charge in [-0.2, -0.15) is 0 Å². The van der Waals surface area contributed by atoms with E-state index in [0.717, 1.165) is 94.5 Å². The highest BCUT2D eigenvalue weighted by Crippen LogP contribution is 2.47. The summed E-state index contributed by atoms with van der Waals surface area (Å²) in [6.07, 6.45) is 10.5. The molecule has 2 aliphatic carbocycles. The molecule has 10 heteroatoms. The lowest BCUT2D eigenvalue weighted by Crippen LogP contribution is -2.50. The van der Waals surface area contributed by atoms with Crippen LogP contribution in [0.5, 0.6) is 5.75 Å². The Morgan fingerprint density at radius 2 is 1.96 bits per heavy atom. The molecule has 1 amide bonds. The molecule has 7 atom stereocenters. The number of aryl methyl sites for hydroxylation is 1. The fourth-order valence-corrected chi connectivity index (χ4v) is 10.1. The first-order valence-corrected chi connectivity index (χ1v) is 20.4. The maximum absolute atomic E-state index is 13.8. The number of anilines is 1. The zero-order valence-electron chi connectivity index (χ0n) is 29.0. The quantitative estimate of drug-likeness (QED) is 0.313. The van der Waals surface area contributed by atoms with Crippen molar-refractivity contribution in [1.82, 2.24) is 9.62 Å². The van der Waals surface area contributed by atoms with Gasteiger partial charge in [0.1, 0.15) is 5.75 Å². The highest BCUT2D eigenvalue weighted by Gasteiger charge is 2.44. The summed E-state index contributed by atoms with van der Waals surface area (Å²) in [6.45, 7) is 11.3. The molecule has 1 N–H and O–H groups in total. The van der Waals surface area contributed by atoms with Crippen molar-refractivity contribution >= 4 is 38.8 Å². The van der Waals surface area contributed by atoms with E-state index >= 15 is 0 Å². The summed E-state index contributed by atoms with van der Waals surface area (Å²) in [4.78, 5) is 18.6. The monoisotopic (exact) mass is 709 g/mol. The number of amides is 1. The third-order valence-corrected chi connectivity index (χ3v) is 14.0. The van der Waals surface area contributed by atoms with Crippen molar-refractivity contribution in [1.29, 1.82) is 0 Å². The summed E-state index contributed by atoms with van der Waals surface area (Å²) >= 11 is 6.48. The summed E-state index contributed by atoms with van der Waals surface area (Å²) in [7, 11) is -2.91. The van der Waals surface area contributed by atoms with Gasteiger partial charge in [-0.25, -0.2) is 4.21 Å². The minimum Gasteiger partial charge on any atom is -0.490 e. The maximum atomic E-state index is 13.8. The normalized spacial score (nSPS) is 34.5. The van der Waals surface area contributed by atoms with Gasteiger partial charge in [0.15, 0.2) is 0 Å². The van der Waals surface area contributed by atoms with Crippen LogP contribution in [0.1, 0.15) is 67.4 Å². The molecule has 49 heavy (non-hydrogen) atoms. The van der Waals surface area contributed by atoms with Gasteiger partial charge in [-0.05, 0) is 111 Å². The van der Waals surface area contributed by atoms with Gasteiger partial charge in [0.2, 0.25) is 0 Å². The second kappa shape index (κ2) is 14.6. The Bertz CT molecular complexity index is 1660. The van der Waals surface area contributed by atoms with Crippen LogP contribution in [0.3, 0.4) is 0 Å². The number of rotatable bonds is 4. The number of benzene rings is 2. The number of fused-ring (bicyclic) bond motifs is 4. The predicted molar refractivity (Wildman–Crippen MR) is 199 cm³/mol. The number of allylic oxidation sites excluding steroid dienone is 1. The molecule has 2 bridgehead atoms. The van der Waals surface area contributed by atoms with E-state index in [-0.39, 0.29) is 28.6 Å². The standard InChI is InChI=1S/C39H52ClN3O5S/c1-27-6-12-36(47-20-17-42-15-18-46-19-16-42)33-10-7-31(33)24-43-25-39(14-4-5-29-22-32(40)9-11-34(29)39)26-48-37-13-8-30(23-35(37)43)38(44)41-49(3,45)28(2)21-27/h6,8-9,11-13,22-23,27-28,31,33,36H,3-5,7,10,14-21,24-26H2,1-2H3,(H,41,44,45)/b12-6+/t27-,28+,31-,33+,36-,39-,49?/m0/s1. The number of ether oxygens (including phenoxy) is 3. The first-order chi connectivity index (χ1) is 23.6. The Balaban J connectivity index is 1.24. The molecule has 1 unspecified atom stereocenters. The Morgan fingerprint density at radius 3 is 2.76 bits per heavy atom. The van der Waals surface area contributed by atoms with Crippen LogP contribution in [-0.4, -0.2) is 91.4 Å². The molecule has 2 fully saturated rings. The van der Waals surface area contributed by atoms with Gasteiger partial charge < -0.3 is 19.1 Å². The van der Waals surface area contributed by atoms with Gasteiger partial charge in [-0.3, -0.25) is 14.4 Å². The van der Waals surface area contributed by atoms with E-state index in [0.29, 0.717) is 37.0 Å². The Labute approximate surface area is 297 Å². The van der Waals surface area contributed by atoms with Crippen molar-refractivity contribution in [3.63, 3.8) is 0 Å². The second-order valence-electron chi connectivity index (χ2n) is 15.1. The minimum atomic E-state index is -2.91. The third kappa shape index (κ3) is 7.57. The van der Waals surface area contributed by atoms with Crippen molar-refractivity contribution in [2.75, 3.05) is 64.1 Å². The first kappa shape index (κ1) is 34.9. The number of hydrogen-bond donors (Lipinski definition) is 1. The van der Waals surface area contributed by atoms with E-state index in [9.17, 15) is 9.00 Å². The van der Waals surface area contributed by atoms with Gasteiger partial charge in [-0.1, -0.05) is 36.7 Å². The van der Waals surface area contributed by atoms with Gasteiger partial charge in [0.05, 0.1) is 47.9 Å². The molecule has 0 radical (unpaired) electrons.